The Hall–Kier alpha value is -1.59. The Morgan fingerprint density at radius 3 is 2.64 bits per heavy atom. The Bertz CT molecular complexity index is 841. The summed E-state index contributed by atoms with van der Waals surface area (Å²) in [5.74, 6) is 0.221. The molecular weight excluding hydrogens is 395 g/mol. The molecule has 2 atom stereocenters. The number of aryl methyl sites for hydroxylation is 1. The summed E-state index contributed by atoms with van der Waals surface area (Å²) in [5, 5.41) is 16.1. The highest BCUT2D eigenvalue weighted by atomic mass is 35.5. The van der Waals surface area contributed by atoms with E-state index < -0.39 is 0 Å². The molecule has 0 bridgehead atoms. The fourth-order valence-electron chi connectivity index (χ4n) is 3.96. The predicted molar refractivity (Wildman–Crippen MR) is 114 cm³/mol. The Morgan fingerprint density at radius 2 is 1.93 bits per heavy atom. The number of halogens is 2. The number of aliphatic hydroxyl groups excluding tert-OH is 1. The van der Waals surface area contributed by atoms with E-state index in [2.05, 4.69) is 34.9 Å². The standard InChI is InChI=1S/C22H26Cl2N2O2/c1-25-21-8-6-16(15-4-7-19(23)20(24)13-15)18-12-14(2-5-17(18)21)3-9-22(28)26-10-11-27/h2,4-5,7,12-13,16,21,25,27H,3,6,8-11H2,1H3,(H,26,28)/t16-,21-/m0/s1. The quantitative estimate of drug-likeness (QED) is 0.628. The van der Waals surface area contributed by atoms with Crippen molar-refractivity contribution < 1.29 is 9.90 Å². The first kappa shape index (κ1) is 21.1. The first-order chi connectivity index (χ1) is 13.5. The van der Waals surface area contributed by atoms with E-state index in [9.17, 15) is 4.79 Å². The number of hydrogen-bond donors (Lipinski definition) is 3. The molecule has 2 aromatic rings. The Balaban J connectivity index is 1.86. The van der Waals surface area contributed by atoms with Crippen LogP contribution in [0.5, 0.6) is 0 Å². The third-order valence-corrected chi connectivity index (χ3v) is 6.15. The molecule has 0 heterocycles. The summed E-state index contributed by atoms with van der Waals surface area (Å²) in [4.78, 5) is 11.9. The van der Waals surface area contributed by atoms with Crippen LogP contribution in [0.25, 0.3) is 0 Å². The van der Waals surface area contributed by atoms with E-state index in [0.29, 0.717) is 35.5 Å². The van der Waals surface area contributed by atoms with Crippen LogP contribution in [0.4, 0.5) is 0 Å². The van der Waals surface area contributed by atoms with Crippen LogP contribution in [0.3, 0.4) is 0 Å². The van der Waals surface area contributed by atoms with E-state index in [1.165, 1.54) is 16.7 Å². The SMILES string of the molecule is CN[C@H]1CC[C@@H](c2ccc(Cl)c(Cl)c2)c2cc(CCC(=O)NCCO)ccc21. The second-order valence-electron chi connectivity index (χ2n) is 7.18. The van der Waals surface area contributed by atoms with Gasteiger partial charge in [-0.25, -0.2) is 0 Å². The van der Waals surface area contributed by atoms with Crippen LogP contribution in [0.15, 0.2) is 36.4 Å². The number of hydrogen-bond acceptors (Lipinski definition) is 3. The van der Waals surface area contributed by atoms with Crippen molar-refractivity contribution in [3.8, 4) is 0 Å². The molecule has 6 heteroatoms. The molecule has 1 aliphatic rings. The average molecular weight is 421 g/mol. The molecule has 0 saturated heterocycles. The molecule has 1 aliphatic carbocycles. The van der Waals surface area contributed by atoms with Gasteiger partial charge in [-0.2, -0.15) is 0 Å². The fourth-order valence-corrected chi connectivity index (χ4v) is 4.27. The van der Waals surface area contributed by atoms with Crippen molar-refractivity contribution >= 4 is 29.1 Å². The van der Waals surface area contributed by atoms with Gasteiger partial charge in [0.25, 0.3) is 0 Å². The zero-order valence-electron chi connectivity index (χ0n) is 16.0. The maximum atomic E-state index is 11.9. The maximum Gasteiger partial charge on any atom is 0.220 e. The molecule has 2 aromatic carbocycles. The highest BCUT2D eigenvalue weighted by Gasteiger charge is 2.28. The highest BCUT2D eigenvalue weighted by Crippen LogP contribution is 2.42. The smallest absolute Gasteiger partial charge is 0.220 e. The molecule has 4 nitrogen and oxygen atoms in total. The van der Waals surface area contributed by atoms with Crippen molar-refractivity contribution in [1.82, 2.24) is 10.6 Å². The minimum absolute atomic E-state index is 0.0404. The van der Waals surface area contributed by atoms with E-state index in [-0.39, 0.29) is 18.4 Å². The van der Waals surface area contributed by atoms with Gasteiger partial charge in [0.1, 0.15) is 0 Å². The molecule has 0 spiro atoms. The van der Waals surface area contributed by atoms with E-state index in [0.717, 1.165) is 18.4 Å². The summed E-state index contributed by atoms with van der Waals surface area (Å²) in [7, 11) is 1.99. The van der Waals surface area contributed by atoms with Crippen molar-refractivity contribution in [3.63, 3.8) is 0 Å². The molecule has 0 aromatic heterocycles. The molecule has 150 valence electrons. The first-order valence-electron chi connectivity index (χ1n) is 9.66. The molecule has 3 N–H and O–H groups in total. The largest absolute Gasteiger partial charge is 0.395 e. The van der Waals surface area contributed by atoms with Gasteiger partial charge in [-0.05, 0) is 60.7 Å². The Morgan fingerprint density at radius 1 is 1.11 bits per heavy atom. The van der Waals surface area contributed by atoms with Crippen LogP contribution in [-0.4, -0.2) is 31.2 Å². The fraction of sp³-hybridized carbons (Fsp3) is 0.409. The van der Waals surface area contributed by atoms with Crippen molar-refractivity contribution in [3.05, 3.63) is 68.7 Å². The molecule has 1 amide bonds. The van der Waals surface area contributed by atoms with E-state index >= 15 is 0 Å². The van der Waals surface area contributed by atoms with Crippen LogP contribution < -0.4 is 10.6 Å². The minimum Gasteiger partial charge on any atom is -0.395 e. The van der Waals surface area contributed by atoms with Gasteiger partial charge >= 0.3 is 0 Å². The van der Waals surface area contributed by atoms with Crippen LogP contribution in [-0.2, 0) is 11.2 Å². The summed E-state index contributed by atoms with van der Waals surface area (Å²) < 4.78 is 0. The number of benzene rings is 2. The monoisotopic (exact) mass is 420 g/mol. The van der Waals surface area contributed by atoms with Crippen LogP contribution in [0, 0.1) is 0 Å². The molecular formula is C22H26Cl2N2O2. The normalized spacial score (nSPS) is 18.6. The summed E-state index contributed by atoms with van der Waals surface area (Å²) in [5.41, 5.74) is 4.90. The number of rotatable bonds is 7. The molecule has 0 unspecified atom stereocenters. The van der Waals surface area contributed by atoms with Gasteiger partial charge in [-0.15, -0.1) is 0 Å². The first-order valence-corrected chi connectivity index (χ1v) is 10.4. The lowest BCUT2D eigenvalue weighted by molar-refractivity contribution is -0.121. The summed E-state index contributed by atoms with van der Waals surface area (Å²) in [6.45, 7) is 0.258. The zero-order valence-corrected chi connectivity index (χ0v) is 17.5. The highest BCUT2D eigenvalue weighted by molar-refractivity contribution is 6.42. The van der Waals surface area contributed by atoms with Crippen molar-refractivity contribution in [2.24, 2.45) is 0 Å². The van der Waals surface area contributed by atoms with Gasteiger partial charge in [-0.1, -0.05) is 47.5 Å². The van der Waals surface area contributed by atoms with Gasteiger partial charge in [0.2, 0.25) is 5.91 Å². The summed E-state index contributed by atoms with van der Waals surface area (Å²) >= 11 is 12.4. The predicted octanol–water partition coefficient (Wildman–Crippen LogP) is 4.22. The van der Waals surface area contributed by atoms with Gasteiger partial charge < -0.3 is 15.7 Å². The van der Waals surface area contributed by atoms with Crippen molar-refractivity contribution in [1.29, 1.82) is 0 Å². The number of nitrogens with one attached hydrogen (secondary N) is 2. The van der Waals surface area contributed by atoms with Gasteiger partial charge in [0.15, 0.2) is 0 Å². The molecule has 0 radical (unpaired) electrons. The zero-order chi connectivity index (χ0) is 20.1. The topological polar surface area (TPSA) is 61.4 Å². The maximum absolute atomic E-state index is 11.9. The Kier molecular flexibility index (Phi) is 7.36. The number of fused-ring (bicyclic) bond motifs is 1. The molecule has 0 fully saturated rings. The molecule has 3 rings (SSSR count). The number of carbonyl (C=O) groups excluding carboxylic acids is 1. The van der Waals surface area contributed by atoms with Gasteiger partial charge in [-0.3, -0.25) is 4.79 Å². The van der Waals surface area contributed by atoms with Gasteiger partial charge in [0, 0.05) is 24.9 Å². The lowest BCUT2D eigenvalue weighted by atomic mass is 9.76. The lowest BCUT2D eigenvalue weighted by Gasteiger charge is -2.32. The van der Waals surface area contributed by atoms with Crippen molar-refractivity contribution in [2.75, 3.05) is 20.2 Å². The molecule has 0 saturated carbocycles. The number of aliphatic hydroxyl groups is 1. The minimum atomic E-state index is -0.0408. The lowest BCUT2D eigenvalue weighted by Crippen LogP contribution is -2.26. The average Bonchev–Trinajstić information content (AvgIpc) is 2.71. The number of amides is 1. The summed E-state index contributed by atoms with van der Waals surface area (Å²) in [6, 6.07) is 12.7. The molecule has 0 aliphatic heterocycles. The van der Waals surface area contributed by atoms with Crippen LogP contribution >= 0.6 is 23.2 Å². The van der Waals surface area contributed by atoms with E-state index in [1.54, 1.807) is 0 Å². The second kappa shape index (κ2) is 9.75. The van der Waals surface area contributed by atoms with E-state index in [1.807, 2.05) is 19.2 Å². The summed E-state index contributed by atoms with van der Waals surface area (Å²) in [6.07, 6.45) is 3.16. The van der Waals surface area contributed by atoms with Crippen LogP contribution in [0.1, 0.15) is 53.5 Å². The number of carbonyl (C=O) groups is 1. The molecule has 28 heavy (non-hydrogen) atoms. The second-order valence-corrected chi connectivity index (χ2v) is 8.00. The van der Waals surface area contributed by atoms with Gasteiger partial charge in [0.05, 0.1) is 16.7 Å². The third kappa shape index (κ3) is 4.87. The van der Waals surface area contributed by atoms with Crippen molar-refractivity contribution in [2.45, 2.75) is 37.6 Å². The van der Waals surface area contributed by atoms with E-state index in [4.69, 9.17) is 28.3 Å². The Labute approximate surface area is 176 Å². The van der Waals surface area contributed by atoms with Crippen LogP contribution in [0.2, 0.25) is 10.0 Å². The third-order valence-electron chi connectivity index (χ3n) is 5.42.